The highest BCUT2D eigenvalue weighted by Crippen LogP contribution is 2.25. The van der Waals surface area contributed by atoms with Gasteiger partial charge in [0.1, 0.15) is 0 Å². The molecule has 1 aliphatic rings. The monoisotopic (exact) mass is 270 g/mol. The lowest BCUT2D eigenvalue weighted by atomic mass is 10.0. The molecule has 0 aromatic carbocycles. The van der Waals surface area contributed by atoms with Crippen molar-refractivity contribution in [3.63, 3.8) is 0 Å². The average molecular weight is 270 g/mol. The Balaban J connectivity index is 2.90. The van der Waals surface area contributed by atoms with E-state index in [0.717, 1.165) is 0 Å². The van der Waals surface area contributed by atoms with Gasteiger partial charge in [-0.25, -0.2) is 0 Å². The number of hydrogen-bond donors (Lipinski definition) is 1. The molecule has 0 aliphatic carbocycles. The summed E-state index contributed by atoms with van der Waals surface area (Å²) in [6, 6.07) is -0.535. The Labute approximate surface area is 113 Å². The molecule has 0 aromatic rings. The minimum absolute atomic E-state index is 0.0403. The van der Waals surface area contributed by atoms with Crippen molar-refractivity contribution in [1.82, 2.24) is 9.80 Å². The van der Waals surface area contributed by atoms with Gasteiger partial charge in [0, 0.05) is 18.6 Å². The SMILES string of the molecule is CCN1C(=O)CC(N(CCC(=O)O)C(C)(C)C)C1=O. The fourth-order valence-electron chi connectivity index (χ4n) is 2.42. The van der Waals surface area contributed by atoms with Crippen LogP contribution >= 0.6 is 0 Å². The summed E-state index contributed by atoms with van der Waals surface area (Å²) < 4.78 is 0. The van der Waals surface area contributed by atoms with Gasteiger partial charge in [-0.3, -0.25) is 24.2 Å². The van der Waals surface area contributed by atoms with Crippen LogP contribution in [0.25, 0.3) is 0 Å². The number of carboxylic acid groups (broad SMARTS) is 1. The van der Waals surface area contributed by atoms with Crippen LogP contribution in [0, 0.1) is 0 Å². The standard InChI is InChI=1S/C13H22N2O4/c1-5-14-10(16)8-9(12(14)19)15(13(2,3)4)7-6-11(17)18/h9H,5-8H2,1-4H3,(H,17,18). The number of likely N-dealkylation sites (N-methyl/N-ethyl adjacent to an activating group) is 1. The fraction of sp³-hybridized carbons (Fsp3) is 0.769. The van der Waals surface area contributed by atoms with E-state index in [2.05, 4.69) is 0 Å². The van der Waals surface area contributed by atoms with Gasteiger partial charge in [0.25, 0.3) is 0 Å². The van der Waals surface area contributed by atoms with E-state index < -0.39 is 12.0 Å². The van der Waals surface area contributed by atoms with Gasteiger partial charge in [0.15, 0.2) is 0 Å². The van der Waals surface area contributed by atoms with Crippen LogP contribution in [0.4, 0.5) is 0 Å². The Morgan fingerprint density at radius 1 is 1.42 bits per heavy atom. The third kappa shape index (κ3) is 3.53. The van der Waals surface area contributed by atoms with Crippen molar-refractivity contribution in [3.05, 3.63) is 0 Å². The Kier molecular flexibility index (Phi) is 4.68. The van der Waals surface area contributed by atoms with Gasteiger partial charge in [-0.2, -0.15) is 0 Å². The summed E-state index contributed by atoms with van der Waals surface area (Å²) in [5, 5.41) is 8.80. The number of hydrogen-bond acceptors (Lipinski definition) is 4. The minimum Gasteiger partial charge on any atom is -0.481 e. The van der Waals surface area contributed by atoms with Crippen LogP contribution in [0.2, 0.25) is 0 Å². The predicted molar refractivity (Wildman–Crippen MR) is 69.5 cm³/mol. The Morgan fingerprint density at radius 2 is 2.00 bits per heavy atom. The number of likely N-dealkylation sites (tertiary alicyclic amines) is 1. The minimum atomic E-state index is -0.904. The highest BCUT2D eigenvalue weighted by molar-refractivity contribution is 6.05. The zero-order valence-electron chi connectivity index (χ0n) is 12.0. The zero-order valence-corrected chi connectivity index (χ0v) is 12.0. The maximum absolute atomic E-state index is 12.2. The molecule has 6 nitrogen and oxygen atoms in total. The molecule has 1 N–H and O–H groups in total. The second-order valence-electron chi connectivity index (χ2n) is 5.70. The molecule has 2 amide bonds. The van der Waals surface area contributed by atoms with Crippen molar-refractivity contribution < 1.29 is 19.5 Å². The van der Waals surface area contributed by atoms with Crippen molar-refractivity contribution in [2.75, 3.05) is 13.1 Å². The van der Waals surface area contributed by atoms with Crippen LogP contribution in [0.1, 0.15) is 40.5 Å². The van der Waals surface area contributed by atoms with Crippen molar-refractivity contribution in [1.29, 1.82) is 0 Å². The van der Waals surface area contributed by atoms with Gasteiger partial charge in [-0.05, 0) is 27.7 Å². The number of imide groups is 1. The molecule has 1 rings (SSSR count). The summed E-state index contributed by atoms with van der Waals surface area (Å²) >= 11 is 0. The van der Waals surface area contributed by atoms with Crippen LogP contribution < -0.4 is 0 Å². The van der Waals surface area contributed by atoms with Gasteiger partial charge in [-0.1, -0.05) is 0 Å². The second-order valence-corrected chi connectivity index (χ2v) is 5.70. The smallest absolute Gasteiger partial charge is 0.304 e. The summed E-state index contributed by atoms with van der Waals surface area (Å²) in [5.41, 5.74) is -0.361. The van der Waals surface area contributed by atoms with E-state index in [4.69, 9.17) is 5.11 Å². The first-order valence-electron chi connectivity index (χ1n) is 6.51. The number of carbonyl (C=O) groups is 3. The molecule has 1 saturated heterocycles. The highest BCUT2D eigenvalue weighted by Gasteiger charge is 2.44. The average Bonchev–Trinajstić information content (AvgIpc) is 2.52. The van der Waals surface area contributed by atoms with Gasteiger partial charge < -0.3 is 5.11 Å². The van der Waals surface area contributed by atoms with Crippen molar-refractivity contribution in [2.24, 2.45) is 0 Å². The lowest BCUT2D eigenvalue weighted by Gasteiger charge is -2.38. The first-order chi connectivity index (χ1) is 8.68. The van der Waals surface area contributed by atoms with Gasteiger partial charge in [-0.15, -0.1) is 0 Å². The maximum atomic E-state index is 12.2. The molecular formula is C13H22N2O4. The number of carboxylic acids is 1. The molecular weight excluding hydrogens is 248 g/mol. The zero-order chi connectivity index (χ0) is 14.8. The van der Waals surface area contributed by atoms with E-state index in [-0.39, 0.29) is 36.7 Å². The molecule has 1 aliphatic heterocycles. The first-order valence-corrected chi connectivity index (χ1v) is 6.51. The number of aliphatic carboxylic acids is 1. The van der Waals surface area contributed by atoms with Gasteiger partial charge in [0.05, 0.1) is 18.9 Å². The Hall–Kier alpha value is -1.43. The normalized spacial score (nSPS) is 20.5. The van der Waals surface area contributed by atoms with Crippen LogP contribution in [-0.4, -0.2) is 57.4 Å². The van der Waals surface area contributed by atoms with Crippen LogP contribution in [0.3, 0.4) is 0 Å². The number of rotatable bonds is 5. The van der Waals surface area contributed by atoms with E-state index >= 15 is 0 Å². The van der Waals surface area contributed by atoms with Crippen molar-refractivity contribution in [3.8, 4) is 0 Å². The second kappa shape index (κ2) is 5.69. The molecule has 19 heavy (non-hydrogen) atoms. The maximum Gasteiger partial charge on any atom is 0.304 e. The fourth-order valence-corrected chi connectivity index (χ4v) is 2.42. The van der Waals surface area contributed by atoms with Gasteiger partial charge >= 0.3 is 5.97 Å². The molecule has 108 valence electrons. The summed E-state index contributed by atoms with van der Waals surface area (Å²) in [6.07, 6.45) is 0.102. The van der Waals surface area contributed by atoms with Crippen molar-refractivity contribution in [2.45, 2.75) is 52.1 Å². The molecule has 0 saturated carbocycles. The van der Waals surface area contributed by atoms with E-state index in [9.17, 15) is 14.4 Å². The third-order valence-corrected chi connectivity index (χ3v) is 3.34. The summed E-state index contributed by atoms with van der Waals surface area (Å²) in [5.74, 6) is -1.30. The van der Waals surface area contributed by atoms with Crippen LogP contribution in [0.15, 0.2) is 0 Å². The van der Waals surface area contributed by atoms with Crippen LogP contribution in [-0.2, 0) is 14.4 Å². The highest BCUT2D eigenvalue weighted by atomic mass is 16.4. The Bertz CT molecular complexity index is 387. The van der Waals surface area contributed by atoms with Gasteiger partial charge in [0.2, 0.25) is 11.8 Å². The first kappa shape index (κ1) is 15.6. The largest absolute Gasteiger partial charge is 0.481 e. The van der Waals surface area contributed by atoms with E-state index in [1.54, 1.807) is 6.92 Å². The summed E-state index contributed by atoms with van der Waals surface area (Å²) in [6.45, 7) is 8.14. The predicted octanol–water partition coefficient (Wildman–Crippen LogP) is 0.709. The van der Waals surface area contributed by atoms with Crippen LogP contribution in [0.5, 0.6) is 0 Å². The molecule has 6 heteroatoms. The quantitative estimate of drug-likeness (QED) is 0.744. The Morgan fingerprint density at radius 3 is 2.37 bits per heavy atom. The number of amides is 2. The third-order valence-electron chi connectivity index (χ3n) is 3.34. The molecule has 0 spiro atoms. The molecule has 1 fully saturated rings. The van der Waals surface area contributed by atoms with E-state index in [1.165, 1.54) is 4.90 Å². The molecule has 1 atom stereocenters. The molecule has 0 radical (unpaired) electrons. The molecule has 1 unspecified atom stereocenters. The number of carbonyl (C=O) groups excluding carboxylic acids is 2. The summed E-state index contributed by atoms with van der Waals surface area (Å²) in [4.78, 5) is 37.7. The lowest BCUT2D eigenvalue weighted by Crippen LogP contribution is -2.52. The topological polar surface area (TPSA) is 77.9 Å². The molecule has 0 aromatic heterocycles. The molecule has 0 bridgehead atoms. The lowest BCUT2D eigenvalue weighted by molar-refractivity contribution is -0.142. The van der Waals surface area contributed by atoms with E-state index in [1.807, 2.05) is 25.7 Å². The van der Waals surface area contributed by atoms with E-state index in [0.29, 0.717) is 6.54 Å². The summed E-state index contributed by atoms with van der Waals surface area (Å²) in [7, 11) is 0. The van der Waals surface area contributed by atoms with Crippen molar-refractivity contribution >= 4 is 17.8 Å². The number of nitrogens with zero attached hydrogens (tertiary/aromatic N) is 2. The molecule has 1 heterocycles.